The van der Waals surface area contributed by atoms with E-state index in [9.17, 15) is 19.2 Å². The van der Waals surface area contributed by atoms with Crippen molar-refractivity contribution in [3.63, 3.8) is 0 Å². The zero-order valence-electron chi connectivity index (χ0n) is 17.4. The van der Waals surface area contributed by atoms with Gasteiger partial charge in [0, 0.05) is 17.7 Å². The van der Waals surface area contributed by atoms with Gasteiger partial charge in [-0.2, -0.15) is 0 Å². The lowest BCUT2D eigenvalue weighted by Crippen LogP contribution is -2.21. The van der Waals surface area contributed by atoms with E-state index in [1.54, 1.807) is 25.1 Å². The van der Waals surface area contributed by atoms with E-state index in [1.165, 1.54) is 23.3 Å². The van der Waals surface area contributed by atoms with Crippen molar-refractivity contribution in [3.05, 3.63) is 64.7 Å². The number of hydrogen-bond acceptors (Lipinski definition) is 6. The van der Waals surface area contributed by atoms with Gasteiger partial charge in [-0.1, -0.05) is 12.1 Å². The number of aryl methyl sites for hydroxylation is 2. The number of Topliss-reactive ketones (excluding diaryl/α,β-unsaturated/α-hetero) is 1. The summed E-state index contributed by atoms with van der Waals surface area (Å²) >= 11 is 0. The summed E-state index contributed by atoms with van der Waals surface area (Å²) in [6.07, 6.45) is 3.09. The van der Waals surface area contributed by atoms with Crippen molar-refractivity contribution < 1.29 is 28.7 Å². The summed E-state index contributed by atoms with van der Waals surface area (Å²) in [7, 11) is 0. The molecule has 0 heterocycles. The second-order valence-electron chi connectivity index (χ2n) is 7.27. The molecule has 1 amide bonds. The van der Waals surface area contributed by atoms with Gasteiger partial charge >= 0.3 is 11.9 Å². The Hall–Kier alpha value is -3.48. The van der Waals surface area contributed by atoms with Gasteiger partial charge < -0.3 is 14.8 Å². The van der Waals surface area contributed by atoms with E-state index < -0.39 is 24.5 Å². The van der Waals surface area contributed by atoms with E-state index in [1.807, 2.05) is 12.1 Å². The van der Waals surface area contributed by atoms with E-state index in [2.05, 4.69) is 5.32 Å². The third-order valence-corrected chi connectivity index (χ3v) is 5.02. The minimum atomic E-state index is -0.609. The summed E-state index contributed by atoms with van der Waals surface area (Å²) in [5.41, 5.74) is 3.94. The Balaban J connectivity index is 1.39. The van der Waals surface area contributed by atoms with E-state index in [0.29, 0.717) is 16.8 Å². The molecule has 2 aromatic carbocycles. The molecule has 7 heteroatoms. The number of esters is 2. The normalized spacial score (nSPS) is 12.0. The van der Waals surface area contributed by atoms with Gasteiger partial charge in [0.15, 0.2) is 12.4 Å². The fourth-order valence-corrected chi connectivity index (χ4v) is 3.42. The summed E-state index contributed by atoms with van der Waals surface area (Å²) < 4.78 is 9.85. The maximum Gasteiger partial charge on any atom is 0.338 e. The zero-order chi connectivity index (χ0) is 22.2. The molecule has 1 aliphatic carbocycles. The van der Waals surface area contributed by atoms with E-state index in [0.717, 1.165) is 19.3 Å². The molecule has 0 aromatic heterocycles. The first-order chi connectivity index (χ1) is 15.0. The maximum atomic E-state index is 12.3. The molecule has 1 aliphatic rings. The summed E-state index contributed by atoms with van der Waals surface area (Å²) in [6, 6.07) is 11.9. The molecule has 0 atom stereocenters. The Bertz CT molecular complexity index is 980. The average molecular weight is 423 g/mol. The van der Waals surface area contributed by atoms with Crippen LogP contribution in [0.4, 0.5) is 5.69 Å². The summed E-state index contributed by atoms with van der Waals surface area (Å²) in [5.74, 6) is -1.67. The van der Waals surface area contributed by atoms with Crippen LogP contribution in [0.2, 0.25) is 0 Å². The SMILES string of the molecule is CCOC(=O)c1ccc(NC(=O)COC(=O)CCC(=O)c2ccc3c(c2)CCC3)cc1. The number of nitrogens with one attached hydrogen (secondary N) is 1. The Morgan fingerprint density at radius 1 is 0.871 bits per heavy atom. The molecule has 7 nitrogen and oxygen atoms in total. The van der Waals surface area contributed by atoms with Crippen LogP contribution < -0.4 is 5.32 Å². The number of amides is 1. The molecule has 0 aliphatic heterocycles. The molecule has 0 fully saturated rings. The van der Waals surface area contributed by atoms with Crippen LogP contribution >= 0.6 is 0 Å². The third kappa shape index (κ3) is 6.25. The van der Waals surface area contributed by atoms with Crippen molar-refractivity contribution in [2.45, 2.75) is 39.0 Å². The van der Waals surface area contributed by atoms with Gasteiger partial charge in [-0.15, -0.1) is 0 Å². The van der Waals surface area contributed by atoms with E-state index in [-0.39, 0.29) is 25.2 Å². The van der Waals surface area contributed by atoms with Crippen LogP contribution in [0.15, 0.2) is 42.5 Å². The standard InChI is InChI=1S/C24H25NO6/c1-2-30-24(29)17-8-10-20(11-9-17)25-22(27)15-31-23(28)13-12-21(26)19-7-6-16-4-3-5-18(16)14-19/h6-11,14H,2-5,12-13,15H2,1H3,(H,25,27). The van der Waals surface area contributed by atoms with Crippen LogP contribution in [0.1, 0.15) is 58.0 Å². The molecular weight excluding hydrogens is 398 g/mol. The number of hydrogen-bond donors (Lipinski definition) is 1. The molecule has 0 unspecified atom stereocenters. The van der Waals surface area contributed by atoms with Crippen LogP contribution in [-0.4, -0.2) is 36.8 Å². The highest BCUT2D eigenvalue weighted by molar-refractivity contribution is 5.98. The second-order valence-corrected chi connectivity index (χ2v) is 7.27. The molecule has 3 rings (SSSR count). The number of benzene rings is 2. The molecule has 31 heavy (non-hydrogen) atoms. The number of anilines is 1. The van der Waals surface area contributed by atoms with Crippen molar-refractivity contribution in [1.29, 1.82) is 0 Å². The topological polar surface area (TPSA) is 98.8 Å². The third-order valence-electron chi connectivity index (χ3n) is 5.02. The smallest absolute Gasteiger partial charge is 0.338 e. The van der Waals surface area contributed by atoms with Gasteiger partial charge in [-0.3, -0.25) is 14.4 Å². The largest absolute Gasteiger partial charge is 0.462 e. The Kier molecular flexibility index (Phi) is 7.54. The number of carbonyl (C=O) groups is 4. The lowest BCUT2D eigenvalue weighted by Gasteiger charge is -2.08. The summed E-state index contributed by atoms with van der Waals surface area (Å²) in [4.78, 5) is 47.8. The Morgan fingerprint density at radius 3 is 2.32 bits per heavy atom. The van der Waals surface area contributed by atoms with Crippen molar-refractivity contribution in [2.24, 2.45) is 0 Å². The molecule has 0 spiro atoms. The van der Waals surface area contributed by atoms with E-state index >= 15 is 0 Å². The Morgan fingerprint density at radius 2 is 1.58 bits per heavy atom. The number of ketones is 1. The Labute approximate surface area is 180 Å². The van der Waals surface area contributed by atoms with Gasteiger partial charge in [-0.25, -0.2) is 4.79 Å². The first-order valence-electron chi connectivity index (χ1n) is 10.3. The van der Waals surface area contributed by atoms with Gasteiger partial charge in [0.1, 0.15) is 0 Å². The monoisotopic (exact) mass is 423 g/mol. The quantitative estimate of drug-likeness (QED) is 0.490. The van der Waals surface area contributed by atoms with Crippen molar-refractivity contribution in [3.8, 4) is 0 Å². The minimum absolute atomic E-state index is 0.0363. The number of fused-ring (bicyclic) bond motifs is 1. The van der Waals surface area contributed by atoms with Crippen LogP contribution in [0.3, 0.4) is 0 Å². The van der Waals surface area contributed by atoms with Crippen molar-refractivity contribution >= 4 is 29.3 Å². The number of rotatable bonds is 9. The lowest BCUT2D eigenvalue weighted by molar-refractivity contribution is -0.147. The highest BCUT2D eigenvalue weighted by Gasteiger charge is 2.16. The highest BCUT2D eigenvalue weighted by Crippen LogP contribution is 2.23. The molecule has 0 saturated carbocycles. The van der Waals surface area contributed by atoms with Crippen LogP contribution in [0, 0.1) is 0 Å². The fraction of sp³-hybridized carbons (Fsp3) is 0.333. The predicted octanol–water partition coefficient (Wildman–Crippen LogP) is 3.50. The minimum Gasteiger partial charge on any atom is -0.462 e. The van der Waals surface area contributed by atoms with E-state index in [4.69, 9.17) is 9.47 Å². The van der Waals surface area contributed by atoms with Crippen molar-refractivity contribution in [1.82, 2.24) is 0 Å². The van der Waals surface area contributed by atoms with Crippen LogP contribution in [-0.2, 0) is 31.9 Å². The molecule has 162 valence electrons. The second kappa shape index (κ2) is 10.5. The van der Waals surface area contributed by atoms with Crippen LogP contribution in [0.25, 0.3) is 0 Å². The molecule has 0 radical (unpaired) electrons. The molecule has 1 N–H and O–H groups in total. The summed E-state index contributed by atoms with van der Waals surface area (Å²) in [5, 5.41) is 2.57. The molecule has 2 aromatic rings. The molecular formula is C24H25NO6. The van der Waals surface area contributed by atoms with Crippen LogP contribution in [0.5, 0.6) is 0 Å². The number of carbonyl (C=O) groups excluding carboxylic acids is 4. The van der Waals surface area contributed by atoms with Gasteiger partial charge in [0.25, 0.3) is 5.91 Å². The molecule has 0 bridgehead atoms. The lowest BCUT2D eigenvalue weighted by atomic mass is 10.0. The van der Waals surface area contributed by atoms with Crippen molar-refractivity contribution in [2.75, 3.05) is 18.5 Å². The highest BCUT2D eigenvalue weighted by atomic mass is 16.5. The van der Waals surface area contributed by atoms with Gasteiger partial charge in [0.05, 0.1) is 18.6 Å². The first-order valence-corrected chi connectivity index (χ1v) is 10.3. The maximum absolute atomic E-state index is 12.3. The molecule has 0 saturated heterocycles. The zero-order valence-corrected chi connectivity index (χ0v) is 17.4. The summed E-state index contributed by atoms with van der Waals surface area (Å²) in [6.45, 7) is 1.55. The first kappa shape index (κ1) is 22.2. The fourth-order valence-electron chi connectivity index (χ4n) is 3.42. The predicted molar refractivity (Wildman–Crippen MR) is 114 cm³/mol. The van der Waals surface area contributed by atoms with Gasteiger partial charge in [0.2, 0.25) is 0 Å². The van der Waals surface area contributed by atoms with Gasteiger partial charge in [-0.05, 0) is 67.6 Å². The number of ether oxygens (including phenoxy) is 2. The average Bonchev–Trinajstić information content (AvgIpc) is 3.24.